The van der Waals surface area contributed by atoms with Crippen LogP contribution in [0.1, 0.15) is 11.3 Å². The predicted molar refractivity (Wildman–Crippen MR) is 106 cm³/mol. The average Bonchev–Trinajstić information content (AvgIpc) is 3.12. The number of benzene rings is 1. The van der Waals surface area contributed by atoms with E-state index in [1.165, 1.54) is 5.56 Å². The van der Waals surface area contributed by atoms with Gasteiger partial charge in [0.1, 0.15) is 0 Å². The molecule has 0 spiro atoms. The minimum Gasteiger partial charge on any atom is -0.338 e. The topological polar surface area (TPSA) is 57.2 Å². The third kappa shape index (κ3) is 4.17. The van der Waals surface area contributed by atoms with Gasteiger partial charge in [-0.05, 0) is 25.1 Å². The first-order chi connectivity index (χ1) is 12.8. The lowest BCUT2D eigenvalue weighted by Gasteiger charge is -2.34. The van der Waals surface area contributed by atoms with Gasteiger partial charge in [-0.1, -0.05) is 17.7 Å². The van der Waals surface area contributed by atoms with Crippen LogP contribution in [0.2, 0.25) is 0 Å². The summed E-state index contributed by atoms with van der Waals surface area (Å²) < 4.78 is 0. The Bertz CT molecular complexity index is 825. The number of hydrogen-bond acceptors (Lipinski definition) is 7. The number of thiazole rings is 1. The summed E-state index contributed by atoms with van der Waals surface area (Å²) in [6.45, 7) is 6.86. The Hall–Kier alpha value is -2.51. The minimum absolute atomic E-state index is 0.824. The van der Waals surface area contributed by atoms with E-state index in [2.05, 4.69) is 61.7 Å². The van der Waals surface area contributed by atoms with Gasteiger partial charge in [0.2, 0.25) is 5.95 Å². The summed E-state index contributed by atoms with van der Waals surface area (Å²) in [6.07, 6.45) is 3.60. The lowest BCUT2D eigenvalue weighted by molar-refractivity contribution is 0.246. The van der Waals surface area contributed by atoms with Crippen LogP contribution in [0.3, 0.4) is 0 Å². The SMILES string of the molecule is Cc1ccc(Nc2nc(CN3CCN(c4ncccn4)CC3)cs2)cc1. The highest BCUT2D eigenvalue weighted by molar-refractivity contribution is 7.13. The van der Waals surface area contributed by atoms with E-state index in [0.29, 0.717) is 0 Å². The largest absolute Gasteiger partial charge is 0.338 e. The second-order valence-electron chi connectivity index (χ2n) is 6.45. The molecule has 0 aliphatic carbocycles. The molecule has 3 aromatic rings. The van der Waals surface area contributed by atoms with Gasteiger partial charge in [0.05, 0.1) is 5.69 Å². The van der Waals surface area contributed by atoms with Crippen molar-refractivity contribution in [3.05, 3.63) is 59.4 Å². The highest BCUT2D eigenvalue weighted by atomic mass is 32.1. The van der Waals surface area contributed by atoms with Crippen molar-refractivity contribution < 1.29 is 0 Å². The smallest absolute Gasteiger partial charge is 0.225 e. The summed E-state index contributed by atoms with van der Waals surface area (Å²) >= 11 is 1.66. The van der Waals surface area contributed by atoms with Crippen LogP contribution < -0.4 is 10.2 Å². The Morgan fingerprint density at radius 2 is 1.77 bits per heavy atom. The van der Waals surface area contributed by atoms with Gasteiger partial charge in [0.15, 0.2) is 5.13 Å². The molecule has 134 valence electrons. The number of aryl methyl sites for hydroxylation is 1. The van der Waals surface area contributed by atoms with Crippen molar-refractivity contribution >= 4 is 28.1 Å². The highest BCUT2D eigenvalue weighted by Gasteiger charge is 2.19. The second kappa shape index (κ2) is 7.80. The van der Waals surface area contributed by atoms with Crippen molar-refractivity contribution in [3.8, 4) is 0 Å². The van der Waals surface area contributed by atoms with E-state index in [1.54, 1.807) is 23.7 Å². The van der Waals surface area contributed by atoms with Crippen molar-refractivity contribution in [1.29, 1.82) is 0 Å². The van der Waals surface area contributed by atoms with E-state index in [-0.39, 0.29) is 0 Å². The number of anilines is 3. The normalized spacial score (nSPS) is 15.2. The first kappa shape index (κ1) is 16.9. The molecule has 4 rings (SSSR count). The molecular weight excluding hydrogens is 344 g/mol. The fourth-order valence-corrected chi connectivity index (χ4v) is 3.71. The van der Waals surface area contributed by atoms with Gasteiger partial charge in [0.25, 0.3) is 0 Å². The van der Waals surface area contributed by atoms with Crippen LogP contribution >= 0.6 is 11.3 Å². The molecule has 1 saturated heterocycles. The van der Waals surface area contributed by atoms with Gasteiger partial charge in [-0.3, -0.25) is 4.90 Å². The standard InChI is InChI=1S/C19H22N6S/c1-15-3-5-16(6-4-15)22-19-23-17(14-26-19)13-24-9-11-25(12-10-24)18-20-7-2-8-21-18/h2-8,14H,9-13H2,1H3,(H,22,23). The summed E-state index contributed by atoms with van der Waals surface area (Å²) in [6, 6.07) is 10.2. The third-order valence-corrected chi connectivity index (χ3v) is 5.25. The molecule has 1 N–H and O–H groups in total. The van der Waals surface area contributed by atoms with Crippen molar-refractivity contribution in [3.63, 3.8) is 0 Å². The van der Waals surface area contributed by atoms with E-state index in [9.17, 15) is 0 Å². The summed E-state index contributed by atoms with van der Waals surface area (Å²) in [5.41, 5.74) is 3.46. The molecule has 0 bridgehead atoms. The molecule has 7 heteroatoms. The maximum atomic E-state index is 4.73. The van der Waals surface area contributed by atoms with Gasteiger partial charge < -0.3 is 10.2 Å². The van der Waals surface area contributed by atoms with Crippen LogP contribution in [0.4, 0.5) is 16.8 Å². The van der Waals surface area contributed by atoms with E-state index >= 15 is 0 Å². The first-order valence-electron chi connectivity index (χ1n) is 8.79. The maximum Gasteiger partial charge on any atom is 0.225 e. The lowest BCUT2D eigenvalue weighted by atomic mass is 10.2. The maximum absolute atomic E-state index is 4.73. The van der Waals surface area contributed by atoms with Crippen LogP contribution in [0.5, 0.6) is 0 Å². The molecule has 1 aliphatic heterocycles. The molecule has 1 fully saturated rings. The minimum atomic E-state index is 0.824. The van der Waals surface area contributed by atoms with Crippen molar-refractivity contribution in [1.82, 2.24) is 19.9 Å². The molecule has 0 radical (unpaired) electrons. The Labute approximate surface area is 157 Å². The van der Waals surface area contributed by atoms with Crippen molar-refractivity contribution in [2.24, 2.45) is 0 Å². The monoisotopic (exact) mass is 366 g/mol. The molecule has 2 aromatic heterocycles. The second-order valence-corrected chi connectivity index (χ2v) is 7.31. The fourth-order valence-electron chi connectivity index (χ4n) is 2.99. The van der Waals surface area contributed by atoms with E-state index in [1.807, 2.05) is 6.07 Å². The van der Waals surface area contributed by atoms with Gasteiger partial charge in [-0.2, -0.15) is 0 Å². The zero-order chi connectivity index (χ0) is 17.8. The average molecular weight is 366 g/mol. The van der Waals surface area contributed by atoms with Crippen LogP contribution in [-0.2, 0) is 6.54 Å². The summed E-state index contributed by atoms with van der Waals surface area (Å²) in [4.78, 5) is 18.1. The first-order valence-corrected chi connectivity index (χ1v) is 9.67. The fraction of sp³-hybridized carbons (Fsp3) is 0.316. The number of nitrogens with zero attached hydrogens (tertiary/aromatic N) is 5. The lowest BCUT2D eigenvalue weighted by Crippen LogP contribution is -2.46. The van der Waals surface area contributed by atoms with Crippen LogP contribution in [0.15, 0.2) is 48.1 Å². The Morgan fingerprint density at radius 1 is 1.04 bits per heavy atom. The molecule has 0 amide bonds. The van der Waals surface area contributed by atoms with Crippen LogP contribution in [0.25, 0.3) is 0 Å². The van der Waals surface area contributed by atoms with E-state index in [0.717, 1.165) is 55.2 Å². The molecule has 3 heterocycles. The number of hydrogen-bond donors (Lipinski definition) is 1. The van der Waals surface area contributed by atoms with Gasteiger partial charge in [-0.15, -0.1) is 11.3 Å². The number of rotatable bonds is 5. The van der Waals surface area contributed by atoms with E-state index in [4.69, 9.17) is 4.98 Å². The molecule has 26 heavy (non-hydrogen) atoms. The van der Waals surface area contributed by atoms with Gasteiger partial charge in [0, 0.05) is 56.2 Å². The van der Waals surface area contributed by atoms with E-state index < -0.39 is 0 Å². The summed E-state index contributed by atoms with van der Waals surface area (Å²) in [5, 5.41) is 6.47. The number of aromatic nitrogens is 3. The molecule has 1 aromatic carbocycles. The number of piperazine rings is 1. The predicted octanol–water partition coefficient (Wildman–Crippen LogP) is 3.31. The summed E-state index contributed by atoms with van der Waals surface area (Å²) in [7, 11) is 0. The van der Waals surface area contributed by atoms with Crippen LogP contribution in [0, 0.1) is 6.92 Å². The Morgan fingerprint density at radius 3 is 2.50 bits per heavy atom. The molecule has 6 nitrogen and oxygen atoms in total. The summed E-state index contributed by atoms with van der Waals surface area (Å²) in [5.74, 6) is 0.824. The highest BCUT2D eigenvalue weighted by Crippen LogP contribution is 2.22. The Kier molecular flexibility index (Phi) is 5.08. The van der Waals surface area contributed by atoms with Crippen LogP contribution in [-0.4, -0.2) is 46.0 Å². The molecule has 0 saturated carbocycles. The molecule has 1 aliphatic rings. The van der Waals surface area contributed by atoms with Crippen molar-refractivity contribution in [2.45, 2.75) is 13.5 Å². The molecule has 0 unspecified atom stereocenters. The zero-order valence-electron chi connectivity index (χ0n) is 14.8. The quantitative estimate of drug-likeness (QED) is 0.748. The van der Waals surface area contributed by atoms with Gasteiger partial charge >= 0.3 is 0 Å². The molecule has 0 atom stereocenters. The van der Waals surface area contributed by atoms with Crippen molar-refractivity contribution in [2.75, 3.05) is 36.4 Å². The molecular formula is C19H22N6S. The zero-order valence-corrected chi connectivity index (χ0v) is 15.6. The number of nitrogens with one attached hydrogen (secondary N) is 1. The Balaban J connectivity index is 1.30. The third-order valence-electron chi connectivity index (χ3n) is 4.45. The van der Waals surface area contributed by atoms with Gasteiger partial charge in [-0.25, -0.2) is 15.0 Å².